The summed E-state index contributed by atoms with van der Waals surface area (Å²) in [5, 5.41) is 59.1. The number of benzene rings is 1. The zero-order chi connectivity index (χ0) is 45.1. The molecule has 334 valence electrons. The third-order valence-electron chi connectivity index (χ3n) is 10.9. The number of para-hydroxylation sites is 1. The molecule has 61 heavy (non-hydrogen) atoms. The first-order valence-electron chi connectivity index (χ1n) is 19.9. The van der Waals surface area contributed by atoms with E-state index in [1.807, 2.05) is 0 Å². The second-order valence-electron chi connectivity index (χ2n) is 16.6. The van der Waals surface area contributed by atoms with Crippen molar-refractivity contribution in [2.24, 2.45) is 5.92 Å². The average molecular weight is 874 g/mol. The summed E-state index contributed by atoms with van der Waals surface area (Å²) in [4.78, 5) is 118. The fourth-order valence-electron chi connectivity index (χ4n) is 7.41. The Hall–Kier alpha value is -5.29. The van der Waals surface area contributed by atoms with Gasteiger partial charge >= 0.3 is 0 Å². The van der Waals surface area contributed by atoms with Crippen molar-refractivity contribution in [3.05, 3.63) is 29.8 Å². The van der Waals surface area contributed by atoms with Crippen molar-refractivity contribution < 1.29 is 58.8 Å². The molecule has 2 aromatic rings. The number of aromatic nitrogens is 1. The Morgan fingerprint density at radius 2 is 1.52 bits per heavy atom. The number of rotatable bonds is 6. The molecule has 0 aliphatic carbocycles. The summed E-state index contributed by atoms with van der Waals surface area (Å²) in [7, 11) is 2.60. The van der Waals surface area contributed by atoms with E-state index in [2.05, 4.69) is 36.9 Å². The molecule has 0 spiro atoms. The number of aliphatic hydroxyl groups is 4. The minimum Gasteiger partial charge on any atom is -0.393 e. The minimum atomic E-state index is -2.22. The molecule has 3 aliphatic heterocycles. The molecule has 10 unspecified atom stereocenters. The largest absolute Gasteiger partial charge is 0.393 e. The number of hydrogen-bond acceptors (Lipinski definition) is 13. The number of aliphatic hydroxyl groups excluding tert-OH is 3. The second kappa shape index (κ2) is 19.2. The summed E-state index contributed by atoms with van der Waals surface area (Å²) in [6.07, 6.45) is -4.46. The van der Waals surface area contributed by atoms with Crippen molar-refractivity contribution in [3.63, 3.8) is 0 Å². The van der Waals surface area contributed by atoms with E-state index < -0.39 is 126 Å². The number of aromatic amines is 1. The highest BCUT2D eigenvalue weighted by atomic mass is 32.2. The molecule has 2 bridgehead atoms. The molecule has 0 saturated carbocycles. The second-order valence-corrected chi connectivity index (χ2v) is 17.6. The lowest BCUT2D eigenvalue weighted by molar-refractivity contribution is -0.147. The highest BCUT2D eigenvalue weighted by Gasteiger charge is 2.45. The van der Waals surface area contributed by atoms with Gasteiger partial charge in [-0.2, -0.15) is 0 Å². The molecule has 8 amide bonds. The van der Waals surface area contributed by atoms with E-state index in [9.17, 15) is 58.8 Å². The predicted molar refractivity (Wildman–Crippen MR) is 218 cm³/mol. The van der Waals surface area contributed by atoms with Gasteiger partial charge in [0.1, 0.15) is 42.3 Å². The van der Waals surface area contributed by atoms with Crippen LogP contribution in [0.1, 0.15) is 46.1 Å². The van der Waals surface area contributed by atoms with Crippen LogP contribution in [0.2, 0.25) is 0 Å². The molecule has 3 aliphatic rings. The van der Waals surface area contributed by atoms with E-state index >= 15 is 0 Å². The Bertz CT molecular complexity index is 2040. The summed E-state index contributed by atoms with van der Waals surface area (Å²) < 4.78 is 0. The average Bonchev–Trinajstić information content (AvgIpc) is 3.77. The van der Waals surface area contributed by atoms with Crippen molar-refractivity contribution in [2.75, 3.05) is 33.0 Å². The van der Waals surface area contributed by atoms with Crippen molar-refractivity contribution in [1.29, 1.82) is 0 Å². The van der Waals surface area contributed by atoms with Gasteiger partial charge in [-0.1, -0.05) is 32.0 Å². The summed E-state index contributed by atoms with van der Waals surface area (Å²) in [6, 6.07) is -3.89. The molecule has 5 rings (SSSR count). The quantitative estimate of drug-likeness (QED) is 0.132. The molecule has 1 saturated heterocycles. The first-order valence-corrected chi connectivity index (χ1v) is 20.9. The molecule has 11 N–H and O–H groups in total. The molecule has 1 aromatic carbocycles. The molecule has 10 atom stereocenters. The number of fused-ring (bicyclic) bond motifs is 5. The van der Waals surface area contributed by atoms with Gasteiger partial charge in [0.2, 0.25) is 41.4 Å². The Kier molecular flexibility index (Phi) is 14.7. The van der Waals surface area contributed by atoms with E-state index in [-0.39, 0.29) is 25.1 Å². The van der Waals surface area contributed by atoms with Gasteiger partial charge < -0.3 is 67.1 Å². The topological polar surface area (TPSA) is 312 Å². The minimum absolute atomic E-state index is 0.234. The van der Waals surface area contributed by atoms with Crippen molar-refractivity contribution in [3.8, 4) is 0 Å². The number of amides is 8. The maximum atomic E-state index is 14.6. The Morgan fingerprint density at radius 3 is 2.18 bits per heavy atom. The van der Waals surface area contributed by atoms with Crippen molar-refractivity contribution in [2.45, 2.75) is 112 Å². The molecule has 4 heterocycles. The number of H-pyrrole nitrogens is 1. The van der Waals surface area contributed by atoms with Crippen LogP contribution in [-0.4, -0.2) is 176 Å². The van der Waals surface area contributed by atoms with Gasteiger partial charge in [-0.05, 0) is 31.4 Å². The van der Waals surface area contributed by atoms with Gasteiger partial charge in [0.25, 0.3) is 5.91 Å². The van der Waals surface area contributed by atoms with Gasteiger partial charge in [0.15, 0.2) is 6.10 Å². The summed E-state index contributed by atoms with van der Waals surface area (Å²) in [6.45, 7) is 4.46. The third-order valence-corrected chi connectivity index (χ3v) is 12.0. The molecular formula is C39H55N9O12S. The lowest BCUT2D eigenvalue weighted by Gasteiger charge is -2.32. The number of carbonyl (C=O) groups excluding carboxylic acids is 8. The number of hydrogen-bond donors (Lipinski definition) is 11. The standard InChI is InChI=1S/C39H55N9O12S/c1-17(2)27-34(56)46-28(29(51)38(59)47(5)6)35(57)43-25-15-61-36-21(20-9-7-8-10-22(20)44-36)12-23(31(53)42-24(32(54)45-27)13-39(4,60)16-49)41-30(52)18(3)40-33(55)26-11-19(50)14-48(26)37(25)58/h7-10,17-19,23-29,44,49-51,60H,11-16H2,1-6H3,(H,40,55)(H,41,52)(H,42,53)(H,43,57)(H,45,54)(H,46,56). The van der Waals surface area contributed by atoms with Crippen LogP contribution >= 0.6 is 11.8 Å². The van der Waals surface area contributed by atoms with E-state index in [0.717, 1.165) is 21.6 Å². The van der Waals surface area contributed by atoms with Crippen LogP contribution in [0.3, 0.4) is 0 Å². The first-order chi connectivity index (χ1) is 28.6. The number of likely N-dealkylation sites (N-methyl/N-ethyl adjacent to an activating group) is 1. The van der Waals surface area contributed by atoms with Gasteiger partial charge in [-0.25, -0.2) is 0 Å². The van der Waals surface area contributed by atoms with Gasteiger partial charge in [0, 0.05) is 56.6 Å². The van der Waals surface area contributed by atoms with Crippen LogP contribution < -0.4 is 31.9 Å². The Morgan fingerprint density at radius 1 is 0.885 bits per heavy atom. The lowest BCUT2D eigenvalue weighted by atomic mass is 9.95. The highest BCUT2D eigenvalue weighted by Crippen LogP contribution is 2.32. The smallest absolute Gasteiger partial charge is 0.253 e. The zero-order valence-corrected chi connectivity index (χ0v) is 35.5. The van der Waals surface area contributed by atoms with E-state index in [1.54, 1.807) is 38.1 Å². The Balaban J connectivity index is 1.74. The lowest BCUT2D eigenvalue weighted by Crippen LogP contribution is -2.64. The third kappa shape index (κ3) is 10.8. The molecular weight excluding hydrogens is 819 g/mol. The molecule has 21 nitrogen and oxygen atoms in total. The zero-order valence-electron chi connectivity index (χ0n) is 34.7. The maximum Gasteiger partial charge on any atom is 0.253 e. The number of nitrogens with one attached hydrogen (secondary N) is 7. The molecule has 22 heteroatoms. The molecule has 1 aromatic heterocycles. The van der Waals surface area contributed by atoms with Crippen LogP contribution in [0, 0.1) is 5.92 Å². The van der Waals surface area contributed by atoms with E-state index in [4.69, 9.17) is 0 Å². The summed E-state index contributed by atoms with van der Waals surface area (Å²) in [5.74, 6) is -8.70. The highest BCUT2D eigenvalue weighted by molar-refractivity contribution is 7.99. The normalized spacial score (nSPS) is 28.9. The first kappa shape index (κ1) is 46.8. The maximum absolute atomic E-state index is 14.6. The van der Waals surface area contributed by atoms with Gasteiger partial charge in [0.05, 0.1) is 23.3 Å². The van der Waals surface area contributed by atoms with Crippen LogP contribution in [0.5, 0.6) is 0 Å². The Labute approximate surface area is 355 Å². The SMILES string of the molecule is CC1NC(=O)C2CC(O)CN2C(=O)C2CSc3[nH]c4ccccc4c3CC(NC1=O)C(=O)NC(CC(C)(O)CO)C(=O)NC(C(C)C)C(=O)NC(C(O)C(=O)N(C)C)C(=O)N2. The number of nitrogens with zero attached hydrogens (tertiary/aromatic N) is 2. The van der Waals surface area contributed by atoms with Crippen molar-refractivity contribution in [1.82, 2.24) is 46.7 Å². The molecule has 1 fully saturated rings. The van der Waals surface area contributed by atoms with Gasteiger partial charge in [-0.15, -0.1) is 11.8 Å². The van der Waals surface area contributed by atoms with Gasteiger partial charge in [-0.3, -0.25) is 38.4 Å². The summed E-state index contributed by atoms with van der Waals surface area (Å²) >= 11 is 1.02. The fourth-order valence-corrected chi connectivity index (χ4v) is 8.52. The van der Waals surface area contributed by atoms with Crippen LogP contribution in [0.15, 0.2) is 29.3 Å². The van der Waals surface area contributed by atoms with Crippen LogP contribution in [0.25, 0.3) is 10.9 Å². The van der Waals surface area contributed by atoms with Crippen LogP contribution in [0.4, 0.5) is 0 Å². The predicted octanol–water partition coefficient (Wildman–Crippen LogP) is -4.04. The summed E-state index contributed by atoms with van der Waals surface area (Å²) in [5.41, 5.74) is -0.889. The fraction of sp³-hybridized carbons (Fsp3) is 0.590. The molecule has 0 radical (unpaired) electrons. The van der Waals surface area contributed by atoms with E-state index in [1.165, 1.54) is 27.9 Å². The number of carbonyl (C=O) groups is 8. The van der Waals surface area contributed by atoms with Crippen molar-refractivity contribution >= 4 is 69.9 Å². The van der Waals surface area contributed by atoms with Crippen LogP contribution in [-0.2, 0) is 44.8 Å². The van der Waals surface area contributed by atoms with E-state index in [0.29, 0.717) is 21.5 Å². The number of thioether (sulfide) groups is 1. The monoisotopic (exact) mass is 873 g/mol.